The smallest absolute Gasteiger partial charge is 0.308 e. The topological polar surface area (TPSA) is 118 Å². The van der Waals surface area contributed by atoms with Crippen LogP contribution in [-0.2, 0) is 46.5 Å². The Kier molecular flexibility index (Phi) is 11.3. The van der Waals surface area contributed by atoms with E-state index in [4.69, 9.17) is 23.2 Å². The Balaban J connectivity index is 0.000000171. The molecule has 4 heterocycles. The first-order valence-corrected chi connectivity index (χ1v) is 16.6. The Morgan fingerprint density at radius 2 is 1.24 bits per heavy atom. The van der Waals surface area contributed by atoms with Crippen LogP contribution in [0.5, 0.6) is 0 Å². The van der Waals surface area contributed by atoms with Crippen molar-refractivity contribution in [1.82, 2.24) is 27.8 Å². The molecule has 0 unspecified atom stereocenters. The summed E-state index contributed by atoms with van der Waals surface area (Å²) in [7, 11) is 6.13. The third-order valence-corrected chi connectivity index (χ3v) is 9.11. The maximum atomic E-state index is 12.4. The van der Waals surface area contributed by atoms with E-state index in [9.17, 15) is 19.2 Å². The highest BCUT2D eigenvalue weighted by Crippen LogP contribution is 2.23. The van der Waals surface area contributed by atoms with E-state index in [1.165, 1.54) is 28.8 Å². The number of rotatable bonds is 3. The fourth-order valence-electron chi connectivity index (χ4n) is 4.41. The molecule has 6 rings (SSSR count). The molecule has 0 bridgehead atoms. The zero-order valence-electron chi connectivity index (χ0n) is 24.4. The van der Waals surface area contributed by atoms with Gasteiger partial charge in [0.25, 0.3) is 11.1 Å². The Morgan fingerprint density at radius 3 is 1.80 bits per heavy atom. The summed E-state index contributed by atoms with van der Waals surface area (Å²) in [5, 5.41) is 2.33. The van der Waals surface area contributed by atoms with E-state index in [1.807, 2.05) is 36.4 Å². The molecule has 5 aromatic rings. The monoisotopic (exact) mass is 843 g/mol. The molecule has 0 radical (unpaired) electrons. The number of alkyl halides is 1. The molecule has 3 aromatic heterocycles. The lowest BCUT2D eigenvalue weighted by molar-refractivity contribution is 0.682. The van der Waals surface area contributed by atoms with Crippen LogP contribution in [0.1, 0.15) is 16.7 Å². The first kappa shape index (κ1) is 34.8. The molecule has 1 aliphatic heterocycles. The van der Waals surface area contributed by atoms with E-state index in [0.717, 1.165) is 25.1 Å². The molecular weight excluding hydrogens is 821 g/mol. The average molecular weight is 847 g/mol. The molecule has 0 fully saturated rings. The van der Waals surface area contributed by atoms with Gasteiger partial charge < -0.3 is 4.57 Å². The molecule has 0 spiro atoms. The molecule has 0 saturated heterocycles. The van der Waals surface area contributed by atoms with Crippen LogP contribution < -0.4 is 22.5 Å². The number of imidazole rings is 1. The molecule has 0 atom stereocenters. The zero-order chi connectivity index (χ0) is 33.2. The lowest BCUT2D eigenvalue weighted by Gasteiger charge is -2.07. The van der Waals surface area contributed by atoms with E-state index in [1.54, 1.807) is 30.8 Å². The predicted molar refractivity (Wildman–Crippen MR) is 189 cm³/mol. The lowest BCUT2D eigenvalue weighted by Crippen LogP contribution is -2.38. The van der Waals surface area contributed by atoms with Crippen molar-refractivity contribution in [1.29, 1.82) is 0 Å². The average Bonchev–Trinajstić information content (AvgIpc) is 3.58. The summed E-state index contributed by atoms with van der Waals surface area (Å²) in [6.45, 7) is 0.446. The molecule has 0 amide bonds. The maximum Gasteiger partial charge on any atom is 0.332 e. The minimum absolute atomic E-state index is 0.263. The number of nitrogens with zero attached hydrogens (tertiary/aromatic N) is 7. The van der Waals surface area contributed by atoms with Gasteiger partial charge in [0.05, 0.1) is 16.7 Å². The SMILES string of the molecule is Clc1ccc(CBr)cc1.Cn1c(=O)c2c(nc(Br)n2Cc2ccc(Cl)cc2)n(C)c1=O.Cn1c2c(c(=O)n(C)c1=O)CC(Br)=N2. The number of aryl methyl sites for hydroxylation is 1. The third-order valence-electron chi connectivity index (χ3n) is 6.90. The highest BCUT2D eigenvalue weighted by atomic mass is 79.9. The summed E-state index contributed by atoms with van der Waals surface area (Å²) in [4.78, 5) is 55.9. The van der Waals surface area contributed by atoms with Crippen molar-refractivity contribution < 1.29 is 0 Å². The summed E-state index contributed by atoms with van der Waals surface area (Å²) < 4.78 is 7.83. The summed E-state index contributed by atoms with van der Waals surface area (Å²) in [6.07, 6.45) is 0.468. The minimum atomic E-state index is -0.402. The van der Waals surface area contributed by atoms with Crippen LogP contribution in [0.3, 0.4) is 0 Å². The third kappa shape index (κ3) is 7.51. The van der Waals surface area contributed by atoms with Crippen LogP contribution >= 0.6 is 71.0 Å². The van der Waals surface area contributed by atoms with E-state index < -0.39 is 5.69 Å². The second-order valence-electron chi connectivity index (χ2n) is 9.90. The second-order valence-corrected chi connectivity index (χ2v) is 13.0. The van der Waals surface area contributed by atoms with Crippen molar-refractivity contribution in [3.8, 4) is 0 Å². The number of aromatic nitrogens is 6. The highest BCUT2D eigenvalue weighted by Gasteiger charge is 2.21. The number of benzene rings is 2. The van der Waals surface area contributed by atoms with Crippen molar-refractivity contribution >= 4 is 92.6 Å². The van der Waals surface area contributed by atoms with Gasteiger partial charge in [-0.05, 0) is 67.3 Å². The Hall–Kier alpha value is -3.04. The van der Waals surface area contributed by atoms with Crippen molar-refractivity contribution in [3.63, 3.8) is 0 Å². The number of fused-ring (bicyclic) bond motifs is 2. The van der Waals surface area contributed by atoms with Gasteiger partial charge >= 0.3 is 11.4 Å². The van der Waals surface area contributed by atoms with Crippen LogP contribution in [-0.4, -0.2) is 32.4 Å². The van der Waals surface area contributed by atoms with Gasteiger partial charge in [-0.1, -0.05) is 63.4 Å². The molecule has 2 aromatic carbocycles. The van der Waals surface area contributed by atoms with E-state index in [-0.39, 0.29) is 16.8 Å². The fraction of sp³-hybridized carbons (Fsp3) is 0.241. The van der Waals surface area contributed by atoms with E-state index in [2.05, 4.69) is 57.8 Å². The van der Waals surface area contributed by atoms with E-state index in [0.29, 0.717) is 49.9 Å². The van der Waals surface area contributed by atoms with Crippen LogP contribution in [0.15, 0.2) is 77.4 Å². The number of aliphatic imine (C=N–C) groups is 1. The number of halogens is 5. The van der Waals surface area contributed by atoms with Gasteiger partial charge in [-0.2, -0.15) is 0 Å². The Morgan fingerprint density at radius 1 is 0.733 bits per heavy atom. The maximum absolute atomic E-state index is 12.4. The molecule has 1 aliphatic rings. The fourth-order valence-corrected chi connectivity index (χ4v) is 5.96. The van der Waals surface area contributed by atoms with Gasteiger partial charge in [0, 0.05) is 50.0 Å². The van der Waals surface area contributed by atoms with Crippen molar-refractivity contribution in [2.45, 2.75) is 18.3 Å². The predicted octanol–water partition coefficient (Wildman–Crippen LogP) is 5.20. The van der Waals surface area contributed by atoms with Gasteiger partial charge in [0.15, 0.2) is 15.9 Å². The van der Waals surface area contributed by atoms with Gasteiger partial charge in [-0.25, -0.2) is 19.6 Å². The normalized spacial score (nSPS) is 11.8. The molecule has 236 valence electrons. The Labute approximate surface area is 291 Å². The van der Waals surface area contributed by atoms with Gasteiger partial charge in [0.2, 0.25) is 0 Å². The van der Waals surface area contributed by atoms with Crippen LogP contribution in [0.25, 0.3) is 11.2 Å². The molecule has 0 saturated carbocycles. The molecule has 45 heavy (non-hydrogen) atoms. The van der Waals surface area contributed by atoms with E-state index >= 15 is 0 Å². The molecule has 0 N–H and O–H groups in total. The quantitative estimate of drug-likeness (QED) is 0.183. The standard InChI is InChI=1S/C14H12BrClN4O2.C8H8BrN3O2.C7H6BrCl/c1-18-11-10(12(21)19(2)14(18)22)20(13(15)17-11)7-8-3-5-9(16)6-4-8;1-11-6-4(3-5(9)10-6)7(13)12(2)8(11)14;8-5-6-1-3-7(9)4-2-6/h3-6H,7H2,1-2H3;3H2,1-2H3;1-4H,5H2. The summed E-state index contributed by atoms with van der Waals surface area (Å²) in [6, 6.07) is 15.1. The largest absolute Gasteiger partial charge is 0.332 e. The highest BCUT2D eigenvalue weighted by molar-refractivity contribution is 9.18. The number of hydrogen-bond acceptors (Lipinski definition) is 6. The minimum Gasteiger partial charge on any atom is -0.308 e. The van der Waals surface area contributed by atoms with Crippen molar-refractivity contribution in [3.05, 3.63) is 122 Å². The summed E-state index contributed by atoms with van der Waals surface area (Å²) in [5.41, 5.74) is 2.15. The second kappa shape index (κ2) is 14.6. The van der Waals surface area contributed by atoms with Crippen molar-refractivity contribution in [2.24, 2.45) is 33.2 Å². The first-order valence-electron chi connectivity index (χ1n) is 13.1. The molecule has 11 nitrogen and oxygen atoms in total. The lowest BCUT2D eigenvalue weighted by atomic mass is 10.2. The van der Waals surface area contributed by atoms with Gasteiger partial charge in [0.1, 0.15) is 5.82 Å². The molecular formula is C29H26Br3Cl2N7O4. The van der Waals surface area contributed by atoms with Gasteiger partial charge in [-0.15, -0.1) is 0 Å². The van der Waals surface area contributed by atoms with Crippen LogP contribution in [0.2, 0.25) is 10.0 Å². The molecule has 16 heteroatoms. The van der Waals surface area contributed by atoms with Crippen molar-refractivity contribution in [2.75, 3.05) is 0 Å². The summed E-state index contributed by atoms with van der Waals surface area (Å²) in [5.74, 6) is 0.463. The first-order chi connectivity index (χ1) is 21.2. The number of hydrogen-bond donors (Lipinski definition) is 0. The van der Waals surface area contributed by atoms with Gasteiger partial charge in [-0.3, -0.25) is 27.9 Å². The Bertz CT molecular complexity index is 2170. The molecule has 0 aliphatic carbocycles. The zero-order valence-corrected chi connectivity index (χ0v) is 30.7. The van der Waals surface area contributed by atoms with Crippen LogP contribution in [0, 0.1) is 0 Å². The van der Waals surface area contributed by atoms with Crippen LogP contribution in [0.4, 0.5) is 5.82 Å². The summed E-state index contributed by atoms with van der Waals surface area (Å²) >= 11 is 21.5.